The number of carbonyl (C=O) groups excluding carboxylic acids is 1. The van der Waals surface area contributed by atoms with Crippen LogP contribution in [-0.2, 0) is 14.6 Å². The number of hydrogen-bond donors (Lipinski definition) is 0. The van der Waals surface area contributed by atoms with Gasteiger partial charge in [-0.1, -0.05) is 18.2 Å². The van der Waals surface area contributed by atoms with Crippen LogP contribution in [0.2, 0.25) is 0 Å². The second kappa shape index (κ2) is 8.36. The van der Waals surface area contributed by atoms with Gasteiger partial charge in [0.05, 0.1) is 22.9 Å². The van der Waals surface area contributed by atoms with Crippen LogP contribution in [0.4, 0.5) is 0 Å². The Morgan fingerprint density at radius 2 is 1.81 bits per heavy atom. The molecule has 2 aromatic heterocycles. The zero-order valence-corrected chi connectivity index (χ0v) is 16.2. The molecule has 2 heterocycles. The molecule has 0 atom stereocenters. The first kappa shape index (κ1) is 19.1. The lowest BCUT2D eigenvalue weighted by Crippen LogP contribution is -2.12. The van der Waals surface area contributed by atoms with E-state index in [1.165, 1.54) is 0 Å². The quantitative estimate of drug-likeness (QED) is 0.442. The monoisotopic (exact) mass is 403 g/mol. The highest BCUT2D eigenvalue weighted by molar-refractivity contribution is 7.91. The van der Waals surface area contributed by atoms with E-state index < -0.39 is 15.8 Å². The molecule has 0 spiro atoms. The summed E-state index contributed by atoms with van der Waals surface area (Å²) < 4.78 is 29.6. The average Bonchev–Trinajstić information content (AvgIpc) is 3.08. The zero-order chi connectivity index (χ0) is 19.3. The lowest BCUT2D eigenvalue weighted by atomic mass is 10.4. The molecule has 0 aliphatic heterocycles. The molecule has 0 N–H and O–H groups in total. The molecule has 3 rings (SSSR count). The van der Waals surface area contributed by atoms with Crippen molar-refractivity contribution in [1.82, 2.24) is 15.0 Å². The SMILES string of the molecule is Cc1nc(-c2ncccn2)sc1C(=O)OCCCS(=O)(=O)c1ccccc1. The van der Waals surface area contributed by atoms with Crippen molar-refractivity contribution >= 4 is 27.1 Å². The number of hydrogen-bond acceptors (Lipinski definition) is 8. The molecule has 140 valence electrons. The van der Waals surface area contributed by atoms with Crippen LogP contribution < -0.4 is 0 Å². The van der Waals surface area contributed by atoms with Crippen molar-refractivity contribution in [1.29, 1.82) is 0 Å². The summed E-state index contributed by atoms with van der Waals surface area (Å²) in [5, 5.41) is 0.534. The molecule has 3 aromatic rings. The van der Waals surface area contributed by atoms with E-state index in [1.807, 2.05) is 0 Å². The lowest BCUT2D eigenvalue weighted by Gasteiger charge is -2.05. The first-order valence-electron chi connectivity index (χ1n) is 8.17. The number of aryl methyl sites for hydroxylation is 1. The highest BCUT2D eigenvalue weighted by Crippen LogP contribution is 2.25. The Bertz CT molecular complexity index is 1020. The largest absolute Gasteiger partial charge is 0.461 e. The fourth-order valence-electron chi connectivity index (χ4n) is 2.32. The van der Waals surface area contributed by atoms with E-state index in [-0.39, 0.29) is 23.7 Å². The minimum Gasteiger partial charge on any atom is -0.461 e. The van der Waals surface area contributed by atoms with Crippen molar-refractivity contribution in [2.75, 3.05) is 12.4 Å². The third-order valence-corrected chi connectivity index (χ3v) is 6.58. The summed E-state index contributed by atoms with van der Waals surface area (Å²) in [6.07, 6.45) is 3.42. The van der Waals surface area contributed by atoms with Crippen molar-refractivity contribution in [3.63, 3.8) is 0 Å². The van der Waals surface area contributed by atoms with Gasteiger partial charge in [0.15, 0.2) is 20.7 Å². The van der Waals surface area contributed by atoms with E-state index in [9.17, 15) is 13.2 Å². The van der Waals surface area contributed by atoms with E-state index in [1.54, 1.807) is 55.7 Å². The smallest absolute Gasteiger partial charge is 0.350 e. The standard InChI is InChI=1S/C18H17N3O4S2/c1-13-15(26-17(21-13)16-19-9-5-10-20-16)18(22)25-11-6-12-27(23,24)14-7-3-2-4-8-14/h2-5,7-10H,6,11-12H2,1H3. The average molecular weight is 403 g/mol. The van der Waals surface area contributed by atoms with Crippen LogP contribution in [0.1, 0.15) is 21.8 Å². The van der Waals surface area contributed by atoms with Gasteiger partial charge in [-0.3, -0.25) is 0 Å². The number of rotatable bonds is 7. The molecule has 27 heavy (non-hydrogen) atoms. The van der Waals surface area contributed by atoms with Gasteiger partial charge in [-0.25, -0.2) is 28.2 Å². The van der Waals surface area contributed by atoms with Gasteiger partial charge in [-0.15, -0.1) is 11.3 Å². The Morgan fingerprint density at radius 1 is 1.11 bits per heavy atom. The van der Waals surface area contributed by atoms with Crippen LogP contribution in [0.15, 0.2) is 53.7 Å². The number of aromatic nitrogens is 3. The fraction of sp³-hybridized carbons (Fsp3) is 0.222. The maximum absolute atomic E-state index is 12.3. The van der Waals surface area contributed by atoms with Crippen LogP contribution in [0.25, 0.3) is 10.8 Å². The Labute approximate surface area is 161 Å². The molecule has 0 amide bonds. The molecule has 0 saturated heterocycles. The summed E-state index contributed by atoms with van der Waals surface area (Å²) in [6.45, 7) is 1.72. The molecule has 0 radical (unpaired) electrons. The predicted octanol–water partition coefficient (Wildman–Crippen LogP) is 2.93. The second-order valence-corrected chi connectivity index (χ2v) is 8.74. The van der Waals surface area contributed by atoms with Gasteiger partial charge in [0.1, 0.15) is 4.88 Å². The minimum absolute atomic E-state index is 0.0133. The Balaban J connectivity index is 1.57. The summed E-state index contributed by atoms with van der Waals surface area (Å²) in [5.74, 6) is -0.169. The second-order valence-electron chi connectivity index (χ2n) is 5.63. The molecule has 1 aromatic carbocycles. The van der Waals surface area contributed by atoms with E-state index in [2.05, 4.69) is 15.0 Å². The van der Waals surface area contributed by atoms with Crippen LogP contribution in [0.5, 0.6) is 0 Å². The number of esters is 1. The van der Waals surface area contributed by atoms with E-state index in [4.69, 9.17) is 4.74 Å². The van der Waals surface area contributed by atoms with Gasteiger partial charge in [-0.05, 0) is 31.5 Å². The molecular formula is C18H17N3O4S2. The number of carbonyl (C=O) groups is 1. The number of sulfone groups is 1. The van der Waals surface area contributed by atoms with Gasteiger partial charge >= 0.3 is 5.97 Å². The summed E-state index contributed by atoms with van der Waals surface area (Å²) in [6, 6.07) is 9.90. The molecular weight excluding hydrogens is 386 g/mol. The van der Waals surface area contributed by atoms with Crippen LogP contribution in [0.3, 0.4) is 0 Å². The minimum atomic E-state index is -3.38. The summed E-state index contributed by atoms with van der Waals surface area (Å²) >= 11 is 1.15. The third kappa shape index (κ3) is 4.75. The number of thiazole rings is 1. The molecule has 0 saturated carbocycles. The summed E-state index contributed by atoms with van der Waals surface area (Å²) in [4.78, 5) is 25.4. The van der Waals surface area contributed by atoms with E-state index >= 15 is 0 Å². The Hall–Kier alpha value is -2.65. The van der Waals surface area contributed by atoms with Gasteiger partial charge < -0.3 is 4.74 Å². The molecule has 7 nitrogen and oxygen atoms in total. The van der Waals surface area contributed by atoms with Gasteiger partial charge in [-0.2, -0.15) is 0 Å². The molecule has 0 bridgehead atoms. The summed E-state index contributed by atoms with van der Waals surface area (Å²) in [7, 11) is -3.38. The maximum Gasteiger partial charge on any atom is 0.350 e. The lowest BCUT2D eigenvalue weighted by molar-refractivity contribution is 0.0510. The van der Waals surface area contributed by atoms with Crippen molar-refractivity contribution in [3.05, 3.63) is 59.4 Å². The van der Waals surface area contributed by atoms with Crippen molar-refractivity contribution in [2.24, 2.45) is 0 Å². The highest BCUT2D eigenvalue weighted by Gasteiger charge is 2.19. The van der Waals surface area contributed by atoms with Gasteiger partial charge in [0, 0.05) is 12.4 Å². The highest BCUT2D eigenvalue weighted by atomic mass is 32.2. The zero-order valence-electron chi connectivity index (χ0n) is 14.5. The normalized spacial score (nSPS) is 11.3. The van der Waals surface area contributed by atoms with Gasteiger partial charge in [0.25, 0.3) is 0 Å². The van der Waals surface area contributed by atoms with Crippen molar-refractivity contribution in [2.45, 2.75) is 18.2 Å². The van der Waals surface area contributed by atoms with E-state index in [0.717, 1.165) is 11.3 Å². The summed E-state index contributed by atoms with van der Waals surface area (Å²) in [5.41, 5.74) is 0.532. The molecule has 0 aliphatic carbocycles. The van der Waals surface area contributed by atoms with Crippen molar-refractivity contribution in [3.8, 4) is 10.8 Å². The molecule has 9 heteroatoms. The number of ether oxygens (including phenoxy) is 1. The maximum atomic E-state index is 12.3. The Kier molecular flexibility index (Phi) is 5.92. The van der Waals surface area contributed by atoms with Gasteiger partial charge in [0.2, 0.25) is 0 Å². The number of benzene rings is 1. The first-order valence-corrected chi connectivity index (χ1v) is 10.6. The predicted molar refractivity (Wildman–Crippen MR) is 101 cm³/mol. The van der Waals surface area contributed by atoms with Crippen LogP contribution >= 0.6 is 11.3 Å². The molecule has 0 unspecified atom stereocenters. The Morgan fingerprint density at radius 3 is 2.52 bits per heavy atom. The third-order valence-electron chi connectivity index (χ3n) is 3.63. The molecule has 0 fully saturated rings. The van der Waals surface area contributed by atoms with Crippen LogP contribution in [0, 0.1) is 6.92 Å². The topological polar surface area (TPSA) is 99.1 Å². The molecule has 0 aliphatic rings. The first-order chi connectivity index (χ1) is 13.0. The fourth-order valence-corrected chi connectivity index (χ4v) is 4.53. The van der Waals surface area contributed by atoms with Crippen LogP contribution in [-0.4, -0.2) is 41.7 Å². The van der Waals surface area contributed by atoms with Crippen molar-refractivity contribution < 1.29 is 17.9 Å². The van der Waals surface area contributed by atoms with E-state index in [0.29, 0.717) is 21.4 Å². The number of nitrogens with zero attached hydrogens (tertiary/aromatic N) is 3.